The van der Waals surface area contributed by atoms with Crippen LogP contribution < -0.4 is 0 Å². The lowest BCUT2D eigenvalue weighted by Gasteiger charge is -2.02. The van der Waals surface area contributed by atoms with Gasteiger partial charge in [0, 0.05) is 13.0 Å². The lowest BCUT2D eigenvalue weighted by molar-refractivity contribution is -0.137. The van der Waals surface area contributed by atoms with Gasteiger partial charge in [-0.3, -0.25) is 4.79 Å². The fourth-order valence-corrected chi connectivity index (χ4v) is 1.78. The van der Waals surface area contributed by atoms with Gasteiger partial charge in [-0.1, -0.05) is 0 Å². The molecule has 1 N–H and O–H groups in total. The van der Waals surface area contributed by atoms with Crippen LogP contribution in [-0.4, -0.2) is 31.3 Å². The average molecular weight is 250 g/mol. The molecule has 7 nitrogen and oxygen atoms in total. The maximum absolute atomic E-state index is 10.5. The number of rotatable bonds is 5. The second kappa shape index (κ2) is 4.99. The molecule has 2 aromatic heterocycles. The Bertz CT molecular complexity index is 558. The number of hydrogen-bond acceptors (Lipinski definition) is 5. The summed E-state index contributed by atoms with van der Waals surface area (Å²) in [6.07, 6.45) is 0.589. The summed E-state index contributed by atoms with van der Waals surface area (Å²) in [5.74, 6) is 1.33. The molecule has 7 heteroatoms. The van der Waals surface area contributed by atoms with Crippen molar-refractivity contribution in [1.82, 2.24) is 20.2 Å². The molecular formula is C11H14N4O3. The van der Waals surface area contributed by atoms with Gasteiger partial charge in [-0.25, -0.2) is 4.68 Å². The molecule has 0 atom stereocenters. The maximum atomic E-state index is 10.5. The summed E-state index contributed by atoms with van der Waals surface area (Å²) in [4.78, 5) is 10.5. The van der Waals surface area contributed by atoms with E-state index in [2.05, 4.69) is 15.5 Å². The number of carboxylic acids is 1. The Hall–Kier alpha value is -2.18. The number of carbonyl (C=O) groups is 1. The van der Waals surface area contributed by atoms with E-state index in [9.17, 15) is 4.79 Å². The van der Waals surface area contributed by atoms with Gasteiger partial charge in [0.15, 0.2) is 5.82 Å². The van der Waals surface area contributed by atoms with E-state index in [1.807, 2.05) is 19.9 Å². The Morgan fingerprint density at radius 1 is 1.50 bits per heavy atom. The number of aliphatic carboxylic acids is 1. The summed E-state index contributed by atoms with van der Waals surface area (Å²) >= 11 is 0. The van der Waals surface area contributed by atoms with E-state index in [4.69, 9.17) is 9.52 Å². The van der Waals surface area contributed by atoms with E-state index in [0.717, 1.165) is 17.1 Å². The lowest BCUT2D eigenvalue weighted by atomic mass is 10.2. The predicted molar refractivity (Wildman–Crippen MR) is 61.9 cm³/mol. The van der Waals surface area contributed by atoms with Gasteiger partial charge >= 0.3 is 5.97 Å². The van der Waals surface area contributed by atoms with Crippen LogP contribution in [0.1, 0.15) is 24.4 Å². The van der Waals surface area contributed by atoms with Crippen LogP contribution in [0.2, 0.25) is 0 Å². The highest BCUT2D eigenvalue weighted by atomic mass is 16.4. The van der Waals surface area contributed by atoms with Crippen molar-refractivity contribution in [3.05, 3.63) is 17.6 Å². The van der Waals surface area contributed by atoms with Crippen molar-refractivity contribution in [2.24, 2.45) is 0 Å². The summed E-state index contributed by atoms with van der Waals surface area (Å²) < 4.78 is 7.03. The highest BCUT2D eigenvalue weighted by molar-refractivity contribution is 5.66. The van der Waals surface area contributed by atoms with Crippen molar-refractivity contribution in [2.75, 3.05) is 0 Å². The van der Waals surface area contributed by atoms with Crippen molar-refractivity contribution in [1.29, 1.82) is 0 Å². The van der Waals surface area contributed by atoms with Crippen molar-refractivity contribution >= 4 is 5.97 Å². The van der Waals surface area contributed by atoms with Crippen LogP contribution >= 0.6 is 0 Å². The van der Waals surface area contributed by atoms with Crippen molar-refractivity contribution in [3.8, 4) is 11.4 Å². The number of carboxylic acid groups (broad SMARTS) is 1. The molecule has 0 bridgehead atoms. The molecule has 0 saturated heterocycles. The summed E-state index contributed by atoms with van der Waals surface area (Å²) in [5, 5.41) is 20.0. The first-order chi connectivity index (χ1) is 8.58. The molecule has 18 heavy (non-hydrogen) atoms. The van der Waals surface area contributed by atoms with Crippen LogP contribution in [0.4, 0.5) is 0 Å². The third kappa shape index (κ3) is 2.55. The monoisotopic (exact) mass is 250 g/mol. The molecule has 2 aromatic rings. The number of aryl methyl sites for hydroxylation is 3. The molecule has 0 aliphatic rings. The SMILES string of the molecule is Cc1cc(-c2nnnn2CCCC(=O)O)c(C)o1. The second-order valence-corrected chi connectivity index (χ2v) is 4.05. The van der Waals surface area contributed by atoms with Gasteiger partial charge in [0.25, 0.3) is 0 Å². The standard InChI is InChI=1S/C11H14N4O3/c1-7-6-9(8(2)18-7)11-12-13-14-15(11)5-3-4-10(16)17/h6H,3-5H2,1-2H3,(H,16,17). The van der Waals surface area contributed by atoms with Gasteiger partial charge in [-0.15, -0.1) is 5.10 Å². The zero-order chi connectivity index (χ0) is 13.1. The zero-order valence-electron chi connectivity index (χ0n) is 10.3. The molecule has 0 aliphatic heterocycles. The van der Waals surface area contributed by atoms with E-state index in [1.165, 1.54) is 0 Å². The summed E-state index contributed by atoms with van der Waals surface area (Å²) in [6.45, 7) is 4.17. The van der Waals surface area contributed by atoms with E-state index in [1.54, 1.807) is 4.68 Å². The molecule has 96 valence electrons. The Labute approximate surface area is 103 Å². The molecule has 0 radical (unpaired) electrons. The predicted octanol–water partition coefficient (Wildman–Crippen LogP) is 1.41. The van der Waals surface area contributed by atoms with E-state index in [-0.39, 0.29) is 6.42 Å². The van der Waals surface area contributed by atoms with E-state index >= 15 is 0 Å². The zero-order valence-corrected chi connectivity index (χ0v) is 10.3. The number of hydrogen-bond donors (Lipinski definition) is 1. The van der Waals surface area contributed by atoms with E-state index < -0.39 is 5.97 Å². The molecule has 0 aromatic carbocycles. The van der Waals surface area contributed by atoms with Crippen LogP contribution in [0, 0.1) is 13.8 Å². The minimum atomic E-state index is -0.819. The van der Waals surface area contributed by atoms with Crippen LogP contribution in [-0.2, 0) is 11.3 Å². The fraction of sp³-hybridized carbons (Fsp3) is 0.455. The largest absolute Gasteiger partial charge is 0.481 e. The molecule has 0 spiro atoms. The Morgan fingerprint density at radius 3 is 2.89 bits per heavy atom. The highest BCUT2D eigenvalue weighted by Crippen LogP contribution is 2.24. The van der Waals surface area contributed by atoms with Gasteiger partial charge in [-0.2, -0.15) is 0 Å². The molecular weight excluding hydrogens is 236 g/mol. The van der Waals surface area contributed by atoms with Gasteiger partial charge in [0.1, 0.15) is 11.5 Å². The van der Waals surface area contributed by atoms with Crippen molar-refractivity contribution in [2.45, 2.75) is 33.2 Å². The number of furan rings is 1. The van der Waals surface area contributed by atoms with E-state index in [0.29, 0.717) is 18.8 Å². The Morgan fingerprint density at radius 2 is 2.28 bits per heavy atom. The van der Waals surface area contributed by atoms with Crippen molar-refractivity contribution < 1.29 is 14.3 Å². The summed E-state index contributed by atoms with van der Waals surface area (Å²) in [6, 6.07) is 1.87. The number of nitrogens with zero attached hydrogens (tertiary/aromatic N) is 4. The third-order valence-electron chi connectivity index (χ3n) is 2.57. The lowest BCUT2D eigenvalue weighted by Crippen LogP contribution is -2.05. The Balaban J connectivity index is 2.17. The topological polar surface area (TPSA) is 94.0 Å². The molecule has 0 fully saturated rings. The molecule has 2 rings (SSSR count). The first-order valence-corrected chi connectivity index (χ1v) is 5.63. The maximum Gasteiger partial charge on any atom is 0.303 e. The molecule has 0 amide bonds. The van der Waals surface area contributed by atoms with Gasteiger partial charge < -0.3 is 9.52 Å². The smallest absolute Gasteiger partial charge is 0.303 e. The second-order valence-electron chi connectivity index (χ2n) is 4.05. The van der Waals surface area contributed by atoms with Crippen LogP contribution in [0.25, 0.3) is 11.4 Å². The minimum absolute atomic E-state index is 0.0999. The van der Waals surface area contributed by atoms with Crippen LogP contribution in [0.5, 0.6) is 0 Å². The normalized spacial score (nSPS) is 10.8. The number of aromatic nitrogens is 4. The Kier molecular flexibility index (Phi) is 3.40. The summed E-state index contributed by atoms with van der Waals surface area (Å²) in [7, 11) is 0. The average Bonchev–Trinajstić information content (AvgIpc) is 2.84. The van der Waals surface area contributed by atoms with Gasteiger partial charge in [0.2, 0.25) is 0 Å². The first-order valence-electron chi connectivity index (χ1n) is 5.63. The quantitative estimate of drug-likeness (QED) is 0.862. The molecule has 0 unspecified atom stereocenters. The third-order valence-corrected chi connectivity index (χ3v) is 2.57. The minimum Gasteiger partial charge on any atom is -0.481 e. The van der Waals surface area contributed by atoms with Crippen molar-refractivity contribution in [3.63, 3.8) is 0 Å². The van der Waals surface area contributed by atoms with Crippen LogP contribution in [0.15, 0.2) is 10.5 Å². The molecule has 2 heterocycles. The fourth-order valence-electron chi connectivity index (χ4n) is 1.78. The van der Waals surface area contributed by atoms with Gasteiger partial charge in [-0.05, 0) is 36.8 Å². The molecule has 0 saturated carbocycles. The molecule has 0 aliphatic carbocycles. The highest BCUT2D eigenvalue weighted by Gasteiger charge is 2.14. The van der Waals surface area contributed by atoms with Gasteiger partial charge in [0.05, 0.1) is 5.56 Å². The first kappa shape index (κ1) is 12.3. The van der Waals surface area contributed by atoms with Crippen LogP contribution in [0.3, 0.4) is 0 Å². The summed E-state index contributed by atoms with van der Waals surface area (Å²) in [5.41, 5.74) is 0.841. The number of tetrazole rings is 1.